The smallest absolute Gasteiger partial charge is 0.340 e. The van der Waals surface area contributed by atoms with Crippen molar-refractivity contribution in [2.45, 2.75) is 23.0 Å². The van der Waals surface area contributed by atoms with Crippen molar-refractivity contribution in [3.05, 3.63) is 65.7 Å². The first-order valence-corrected chi connectivity index (χ1v) is 9.21. The van der Waals surface area contributed by atoms with Gasteiger partial charge in [0, 0.05) is 29.9 Å². The van der Waals surface area contributed by atoms with E-state index in [-0.39, 0.29) is 36.0 Å². The van der Waals surface area contributed by atoms with E-state index in [1.807, 2.05) is 30.3 Å². The van der Waals surface area contributed by atoms with Gasteiger partial charge >= 0.3 is 6.18 Å². The van der Waals surface area contributed by atoms with Crippen LogP contribution in [0.2, 0.25) is 0 Å². The summed E-state index contributed by atoms with van der Waals surface area (Å²) in [5, 5.41) is 0. The summed E-state index contributed by atoms with van der Waals surface area (Å²) in [7, 11) is 0. The van der Waals surface area contributed by atoms with Crippen LogP contribution in [-0.2, 0) is 11.0 Å². The number of hydrogen-bond acceptors (Lipinski definition) is 3. The van der Waals surface area contributed by atoms with Gasteiger partial charge in [-0.15, -0.1) is 24.2 Å². The Labute approximate surface area is 166 Å². The number of thioether (sulfide) groups is 1. The maximum Gasteiger partial charge on any atom is 0.416 e. The minimum absolute atomic E-state index is 0. The molecule has 1 aliphatic heterocycles. The Morgan fingerprint density at radius 2 is 1.81 bits per heavy atom. The highest BCUT2D eigenvalue weighted by Gasteiger charge is 2.34. The van der Waals surface area contributed by atoms with Crippen LogP contribution >= 0.6 is 24.2 Å². The molecule has 1 saturated heterocycles. The lowest BCUT2D eigenvalue weighted by Gasteiger charge is -2.16. The molecule has 2 aromatic carbocycles. The normalized spacial score (nSPS) is 19.6. The number of hydrogen-bond donors (Lipinski definition) is 1. The van der Waals surface area contributed by atoms with Crippen molar-refractivity contribution in [3.63, 3.8) is 0 Å². The van der Waals surface area contributed by atoms with Crippen LogP contribution in [0.4, 0.5) is 13.2 Å². The van der Waals surface area contributed by atoms with Gasteiger partial charge in [-0.2, -0.15) is 13.2 Å². The summed E-state index contributed by atoms with van der Waals surface area (Å²) in [4.78, 5) is 14.6. The highest BCUT2D eigenvalue weighted by Crippen LogP contribution is 2.32. The minimum Gasteiger partial charge on any atom is -0.340 e. The zero-order valence-electron chi connectivity index (χ0n) is 14.4. The second-order valence-corrected chi connectivity index (χ2v) is 7.34. The van der Waals surface area contributed by atoms with E-state index in [9.17, 15) is 18.0 Å². The predicted octanol–water partition coefficient (Wildman–Crippen LogP) is 4.17. The molecule has 2 aromatic rings. The van der Waals surface area contributed by atoms with Gasteiger partial charge < -0.3 is 10.6 Å². The van der Waals surface area contributed by atoms with Crippen LogP contribution < -0.4 is 5.73 Å². The summed E-state index contributed by atoms with van der Waals surface area (Å²) in [5.41, 5.74) is 6.58. The number of amides is 1. The van der Waals surface area contributed by atoms with E-state index in [4.69, 9.17) is 5.73 Å². The fourth-order valence-electron chi connectivity index (χ4n) is 3.08. The van der Waals surface area contributed by atoms with E-state index in [1.54, 1.807) is 11.0 Å². The molecule has 2 N–H and O–H groups in total. The van der Waals surface area contributed by atoms with Crippen LogP contribution in [0.15, 0.2) is 59.5 Å². The predicted molar refractivity (Wildman–Crippen MR) is 103 cm³/mol. The maximum absolute atomic E-state index is 12.8. The van der Waals surface area contributed by atoms with Gasteiger partial charge in [-0.1, -0.05) is 36.4 Å². The van der Waals surface area contributed by atoms with Gasteiger partial charge in [-0.3, -0.25) is 4.79 Å². The third-order valence-electron chi connectivity index (χ3n) is 4.47. The fourth-order valence-corrected chi connectivity index (χ4v) is 3.94. The van der Waals surface area contributed by atoms with Crippen molar-refractivity contribution in [2.24, 2.45) is 5.73 Å². The molecule has 1 amide bonds. The summed E-state index contributed by atoms with van der Waals surface area (Å²) in [6, 6.07) is 14.7. The number of nitrogens with two attached hydrogens (primary N) is 1. The molecule has 3 rings (SSSR count). The van der Waals surface area contributed by atoms with Crippen LogP contribution in [0.3, 0.4) is 0 Å². The Balaban J connectivity index is 0.00000261. The zero-order valence-corrected chi connectivity index (χ0v) is 16.0. The van der Waals surface area contributed by atoms with Crippen LogP contribution in [0.5, 0.6) is 0 Å². The molecule has 3 nitrogen and oxygen atoms in total. The van der Waals surface area contributed by atoms with Crippen molar-refractivity contribution < 1.29 is 18.0 Å². The number of benzene rings is 2. The molecule has 0 saturated carbocycles. The summed E-state index contributed by atoms with van der Waals surface area (Å²) < 4.78 is 38.3. The molecule has 1 fully saturated rings. The molecule has 0 spiro atoms. The van der Waals surface area contributed by atoms with Gasteiger partial charge in [0.05, 0.1) is 11.3 Å². The maximum atomic E-state index is 12.8. The molecule has 1 heterocycles. The number of nitrogens with zero attached hydrogens (tertiary/aromatic N) is 1. The van der Waals surface area contributed by atoms with Crippen molar-refractivity contribution in [1.82, 2.24) is 4.90 Å². The second-order valence-electron chi connectivity index (χ2n) is 6.29. The quantitative estimate of drug-likeness (QED) is 0.761. The summed E-state index contributed by atoms with van der Waals surface area (Å²) >= 11 is 1.11. The van der Waals surface area contributed by atoms with Gasteiger partial charge in [0.2, 0.25) is 5.91 Å². The standard InChI is InChI=1S/C19H19F3N2OS.ClH/c20-19(21,22)14-7-4-8-15(9-14)26-12-18(25)24-10-16(17(23)11-24)13-5-2-1-3-6-13;/h1-9,16-17H,10-12,23H2;1H/t16-,17+;/m0./s1. The van der Waals surface area contributed by atoms with E-state index >= 15 is 0 Å². The number of alkyl halides is 3. The highest BCUT2D eigenvalue weighted by atomic mass is 35.5. The summed E-state index contributed by atoms with van der Waals surface area (Å²) in [6.45, 7) is 0.995. The lowest BCUT2D eigenvalue weighted by Crippen LogP contribution is -2.33. The molecule has 0 unspecified atom stereocenters. The lowest BCUT2D eigenvalue weighted by atomic mass is 9.95. The topological polar surface area (TPSA) is 46.3 Å². The molecule has 146 valence electrons. The molecule has 27 heavy (non-hydrogen) atoms. The third kappa shape index (κ3) is 5.40. The van der Waals surface area contributed by atoms with E-state index in [0.717, 1.165) is 29.5 Å². The largest absolute Gasteiger partial charge is 0.416 e. The van der Waals surface area contributed by atoms with E-state index in [2.05, 4.69) is 0 Å². The zero-order chi connectivity index (χ0) is 18.7. The number of rotatable bonds is 4. The van der Waals surface area contributed by atoms with Gasteiger partial charge in [-0.25, -0.2) is 0 Å². The molecule has 0 aromatic heterocycles. The number of halogens is 4. The summed E-state index contributed by atoms with van der Waals surface area (Å²) in [6.07, 6.45) is -4.38. The second kappa shape index (κ2) is 8.99. The SMILES string of the molecule is Cl.N[C@@H]1CN(C(=O)CSc2cccc(C(F)(F)F)c2)C[C@H]1c1ccccc1. The van der Waals surface area contributed by atoms with Gasteiger partial charge in [0.1, 0.15) is 0 Å². The minimum atomic E-state index is -4.38. The molecular weight excluding hydrogens is 397 g/mol. The Hall–Kier alpha value is -1.70. The van der Waals surface area contributed by atoms with Crippen LogP contribution in [0.25, 0.3) is 0 Å². The van der Waals surface area contributed by atoms with Crippen LogP contribution in [0, 0.1) is 0 Å². The molecule has 0 bridgehead atoms. The average molecular weight is 417 g/mol. The number of carbonyl (C=O) groups excluding carboxylic acids is 1. The first kappa shape index (κ1) is 21.6. The lowest BCUT2D eigenvalue weighted by molar-refractivity contribution is -0.137. The van der Waals surface area contributed by atoms with Crippen LogP contribution in [0.1, 0.15) is 17.0 Å². The fraction of sp³-hybridized carbons (Fsp3) is 0.316. The van der Waals surface area contributed by atoms with Crippen LogP contribution in [-0.4, -0.2) is 35.7 Å². The van der Waals surface area contributed by atoms with Gasteiger partial charge in [0.25, 0.3) is 0 Å². The monoisotopic (exact) mass is 416 g/mol. The Morgan fingerprint density at radius 1 is 1.11 bits per heavy atom. The Bertz CT molecular complexity index is 773. The molecule has 0 aliphatic carbocycles. The summed E-state index contributed by atoms with van der Waals surface area (Å²) in [5.74, 6) is 0.0650. The average Bonchev–Trinajstić information content (AvgIpc) is 3.02. The molecule has 2 atom stereocenters. The number of likely N-dealkylation sites (tertiary alicyclic amines) is 1. The Morgan fingerprint density at radius 3 is 2.48 bits per heavy atom. The highest BCUT2D eigenvalue weighted by molar-refractivity contribution is 8.00. The first-order valence-electron chi connectivity index (χ1n) is 8.23. The van der Waals surface area contributed by atoms with Crippen molar-refractivity contribution >= 4 is 30.1 Å². The van der Waals surface area contributed by atoms with Crippen molar-refractivity contribution in [3.8, 4) is 0 Å². The molecular formula is C19H20ClF3N2OS. The van der Waals surface area contributed by atoms with Crippen molar-refractivity contribution in [1.29, 1.82) is 0 Å². The first-order chi connectivity index (χ1) is 12.3. The van der Waals surface area contributed by atoms with E-state index in [0.29, 0.717) is 18.0 Å². The third-order valence-corrected chi connectivity index (χ3v) is 5.45. The van der Waals surface area contributed by atoms with E-state index < -0.39 is 11.7 Å². The van der Waals surface area contributed by atoms with Gasteiger partial charge in [-0.05, 0) is 23.8 Å². The molecule has 0 radical (unpaired) electrons. The number of carbonyl (C=O) groups is 1. The molecule has 1 aliphatic rings. The van der Waals surface area contributed by atoms with Gasteiger partial charge in [0.15, 0.2) is 0 Å². The Kier molecular flexibility index (Phi) is 7.19. The van der Waals surface area contributed by atoms with E-state index in [1.165, 1.54) is 6.07 Å². The molecule has 8 heteroatoms. The van der Waals surface area contributed by atoms with Crippen molar-refractivity contribution in [2.75, 3.05) is 18.8 Å².